The highest BCUT2D eigenvalue weighted by Gasteiger charge is 2.06. The Hall–Kier alpha value is -2.87. The van der Waals surface area contributed by atoms with E-state index in [1.165, 1.54) is 27.5 Å². The van der Waals surface area contributed by atoms with E-state index in [2.05, 4.69) is 72.6 Å². The molecule has 0 aliphatic rings. The summed E-state index contributed by atoms with van der Waals surface area (Å²) >= 11 is 0. The van der Waals surface area contributed by atoms with Crippen LogP contribution in [0.5, 0.6) is 0 Å². The first-order chi connectivity index (χ1) is 11.8. The first-order valence-electron chi connectivity index (χ1n) is 8.22. The van der Waals surface area contributed by atoms with E-state index in [1.54, 1.807) is 6.08 Å². The molecule has 0 fully saturated rings. The molecule has 1 N–H and O–H groups in total. The molecule has 0 heterocycles. The van der Waals surface area contributed by atoms with E-state index in [-0.39, 0.29) is 5.91 Å². The molecule has 3 rings (SSSR count). The average molecular weight is 315 g/mol. The Balaban J connectivity index is 1.90. The molecular formula is C22H21NO. The van der Waals surface area contributed by atoms with Gasteiger partial charge < -0.3 is 5.32 Å². The Morgan fingerprint density at radius 2 is 1.71 bits per heavy atom. The number of fused-ring (bicyclic) bond motifs is 1. The molecule has 3 aromatic rings. The number of hydrogen-bond donors (Lipinski definition) is 1. The number of carbonyl (C=O) groups excluding carboxylic acids is 1. The normalized spacial score (nSPS) is 10.5. The van der Waals surface area contributed by atoms with Crippen LogP contribution in [-0.4, -0.2) is 12.5 Å². The SMILES string of the molecule is C=CCC(=O)NCCc1cc(-c2ccccc2)cc2ccccc12. The number of carbonyl (C=O) groups is 1. The zero-order chi connectivity index (χ0) is 16.8. The molecule has 0 radical (unpaired) electrons. The molecule has 0 spiro atoms. The molecular weight excluding hydrogens is 294 g/mol. The fourth-order valence-electron chi connectivity index (χ4n) is 2.93. The van der Waals surface area contributed by atoms with E-state index in [0.717, 1.165) is 6.42 Å². The van der Waals surface area contributed by atoms with Gasteiger partial charge in [-0.05, 0) is 39.9 Å². The van der Waals surface area contributed by atoms with Crippen molar-refractivity contribution in [1.82, 2.24) is 5.32 Å². The van der Waals surface area contributed by atoms with Gasteiger partial charge in [-0.25, -0.2) is 0 Å². The summed E-state index contributed by atoms with van der Waals surface area (Å²) in [5.41, 5.74) is 3.67. The number of amides is 1. The van der Waals surface area contributed by atoms with Crippen molar-refractivity contribution in [3.05, 3.63) is 84.9 Å². The van der Waals surface area contributed by atoms with Crippen LogP contribution >= 0.6 is 0 Å². The second kappa shape index (κ2) is 7.60. The Morgan fingerprint density at radius 1 is 0.958 bits per heavy atom. The maximum atomic E-state index is 11.6. The summed E-state index contributed by atoms with van der Waals surface area (Å²) in [5.74, 6) is 0.0218. The van der Waals surface area contributed by atoms with Gasteiger partial charge >= 0.3 is 0 Å². The number of benzene rings is 3. The molecule has 2 nitrogen and oxygen atoms in total. The Labute approximate surface area is 142 Å². The molecule has 0 atom stereocenters. The van der Waals surface area contributed by atoms with E-state index in [4.69, 9.17) is 0 Å². The van der Waals surface area contributed by atoms with Crippen molar-refractivity contribution in [3.8, 4) is 11.1 Å². The lowest BCUT2D eigenvalue weighted by Crippen LogP contribution is -2.24. The topological polar surface area (TPSA) is 29.1 Å². The van der Waals surface area contributed by atoms with Crippen molar-refractivity contribution in [2.75, 3.05) is 6.54 Å². The first-order valence-corrected chi connectivity index (χ1v) is 8.22. The summed E-state index contributed by atoms with van der Waals surface area (Å²) in [5, 5.41) is 5.42. The largest absolute Gasteiger partial charge is 0.356 e. The van der Waals surface area contributed by atoms with Gasteiger partial charge in [0.1, 0.15) is 0 Å². The van der Waals surface area contributed by atoms with Crippen LogP contribution in [-0.2, 0) is 11.2 Å². The minimum absolute atomic E-state index is 0.0218. The highest BCUT2D eigenvalue weighted by molar-refractivity contribution is 5.90. The first kappa shape index (κ1) is 16.0. The Morgan fingerprint density at radius 3 is 2.50 bits per heavy atom. The van der Waals surface area contributed by atoms with Gasteiger partial charge in [0.15, 0.2) is 0 Å². The molecule has 0 saturated heterocycles. The van der Waals surface area contributed by atoms with Crippen LogP contribution in [0.25, 0.3) is 21.9 Å². The fraction of sp³-hybridized carbons (Fsp3) is 0.136. The van der Waals surface area contributed by atoms with E-state index in [9.17, 15) is 4.79 Å². The maximum absolute atomic E-state index is 11.6. The minimum atomic E-state index is 0.0218. The van der Waals surface area contributed by atoms with E-state index < -0.39 is 0 Å². The van der Waals surface area contributed by atoms with Gasteiger partial charge in [-0.1, -0.05) is 66.7 Å². The van der Waals surface area contributed by atoms with E-state index >= 15 is 0 Å². The van der Waals surface area contributed by atoms with Crippen molar-refractivity contribution in [1.29, 1.82) is 0 Å². The molecule has 0 unspecified atom stereocenters. The standard InChI is InChI=1S/C22H21NO/c1-2-8-22(24)23-14-13-19-16-20(17-9-4-3-5-10-17)15-18-11-6-7-12-21(18)19/h2-7,9-12,15-16H,1,8,13-14H2,(H,23,24). The van der Waals surface area contributed by atoms with Crippen LogP contribution in [0.1, 0.15) is 12.0 Å². The molecule has 2 heteroatoms. The molecule has 0 bridgehead atoms. The van der Waals surface area contributed by atoms with Crippen LogP contribution in [0.3, 0.4) is 0 Å². The van der Waals surface area contributed by atoms with Crippen LogP contribution in [0, 0.1) is 0 Å². The molecule has 24 heavy (non-hydrogen) atoms. The lowest BCUT2D eigenvalue weighted by Gasteiger charge is -2.11. The van der Waals surface area contributed by atoms with Gasteiger partial charge in [-0.3, -0.25) is 4.79 Å². The highest BCUT2D eigenvalue weighted by atomic mass is 16.1. The second-order valence-corrected chi connectivity index (χ2v) is 5.82. The van der Waals surface area contributed by atoms with Gasteiger partial charge in [-0.2, -0.15) is 0 Å². The lowest BCUT2D eigenvalue weighted by atomic mass is 9.95. The predicted octanol–water partition coefficient (Wildman–Crippen LogP) is 4.74. The van der Waals surface area contributed by atoms with Crippen LogP contribution in [0.4, 0.5) is 0 Å². The zero-order valence-electron chi connectivity index (χ0n) is 13.7. The Bertz CT molecular complexity index is 852. The van der Waals surface area contributed by atoms with Gasteiger partial charge in [-0.15, -0.1) is 6.58 Å². The smallest absolute Gasteiger partial charge is 0.223 e. The third-order valence-corrected chi connectivity index (χ3v) is 4.10. The van der Waals surface area contributed by atoms with Gasteiger partial charge in [0.2, 0.25) is 5.91 Å². The molecule has 120 valence electrons. The lowest BCUT2D eigenvalue weighted by molar-refractivity contribution is -0.120. The molecule has 0 aliphatic carbocycles. The fourth-order valence-corrected chi connectivity index (χ4v) is 2.93. The van der Waals surface area contributed by atoms with E-state index in [0.29, 0.717) is 13.0 Å². The monoisotopic (exact) mass is 315 g/mol. The number of rotatable bonds is 6. The van der Waals surface area contributed by atoms with E-state index in [1.807, 2.05) is 6.07 Å². The molecule has 0 aromatic heterocycles. The number of nitrogens with one attached hydrogen (secondary N) is 1. The van der Waals surface area contributed by atoms with Crippen molar-refractivity contribution >= 4 is 16.7 Å². The summed E-state index contributed by atoms with van der Waals surface area (Å²) in [6.07, 6.45) is 2.80. The zero-order valence-corrected chi connectivity index (χ0v) is 13.7. The summed E-state index contributed by atoms with van der Waals surface area (Å²) in [4.78, 5) is 11.6. The van der Waals surface area contributed by atoms with Crippen molar-refractivity contribution in [3.63, 3.8) is 0 Å². The van der Waals surface area contributed by atoms with Crippen molar-refractivity contribution in [2.24, 2.45) is 0 Å². The number of hydrogen-bond acceptors (Lipinski definition) is 1. The summed E-state index contributed by atoms with van der Waals surface area (Å²) in [7, 11) is 0. The third-order valence-electron chi connectivity index (χ3n) is 4.10. The molecule has 0 saturated carbocycles. The van der Waals surface area contributed by atoms with Crippen LogP contribution in [0.2, 0.25) is 0 Å². The molecule has 0 aliphatic heterocycles. The average Bonchev–Trinajstić information content (AvgIpc) is 2.62. The summed E-state index contributed by atoms with van der Waals surface area (Å²) in [6, 6.07) is 23.3. The van der Waals surface area contributed by atoms with Gasteiger partial charge in [0.05, 0.1) is 0 Å². The van der Waals surface area contributed by atoms with Gasteiger partial charge in [0.25, 0.3) is 0 Å². The van der Waals surface area contributed by atoms with Crippen LogP contribution < -0.4 is 5.32 Å². The maximum Gasteiger partial charge on any atom is 0.223 e. The van der Waals surface area contributed by atoms with Crippen molar-refractivity contribution in [2.45, 2.75) is 12.8 Å². The summed E-state index contributed by atoms with van der Waals surface area (Å²) < 4.78 is 0. The second-order valence-electron chi connectivity index (χ2n) is 5.82. The summed E-state index contributed by atoms with van der Waals surface area (Å²) in [6.45, 7) is 4.23. The minimum Gasteiger partial charge on any atom is -0.356 e. The quantitative estimate of drug-likeness (QED) is 0.654. The highest BCUT2D eigenvalue weighted by Crippen LogP contribution is 2.28. The molecule has 1 amide bonds. The molecule has 3 aromatic carbocycles. The Kier molecular flexibility index (Phi) is 5.07. The van der Waals surface area contributed by atoms with Crippen molar-refractivity contribution < 1.29 is 4.79 Å². The van der Waals surface area contributed by atoms with Gasteiger partial charge in [0, 0.05) is 13.0 Å². The third kappa shape index (κ3) is 3.72. The predicted molar refractivity (Wildman–Crippen MR) is 101 cm³/mol. The van der Waals surface area contributed by atoms with Crippen LogP contribution in [0.15, 0.2) is 79.4 Å².